The fourth-order valence-corrected chi connectivity index (χ4v) is 3.48. The molecule has 26 heavy (non-hydrogen) atoms. The smallest absolute Gasteiger partial charge is 0.237 e. The Bertz CT molecular complexity index is 575. The highest BCUT2D eigenvalue weighted by atomic mass is 16.5. The predicted molar refractivity (Wildman–Crippen MR) is 101 cm³/mol. The number of piperazine rings is 1. The SMILES string of the molecule is C[C@@H]1C(=O)NCCN1Cc1ccccc1OCCCCN1CCOCC1. The van der Waals surface area contributed by atoms with Crippen LogP contribution in [0.5, 0.6) is 5.75 Å². The zero-order valence-corrected chi connectivity index (χ0v) is 15.8. The van der Waals surface area contributed by atoms with Gasteiger partial charge < -0.3 is 14.8 Å². The number of unbranched alkanes of at least 4 members (excludes halogenated alkanes) is 1. The van der Waals surface area contributed by atoms with Crippen LogP contribution in [0.1, 0.15) is 25.3 Å². The molecule has 1 atom stereocenters. The van der Waals surface area contributed by atoms with Crippen LogP contribution < -0.4 is 10.1 Å². The zero-order chi connectivity index (χ0) is 18.2. The van der Waals surface area contributed by atoms with Gasteiger partial charge >= 0.3 is 0 Å². The maximum Gasteiger partial charge on any atom is 0.237 e. The Kier molecular flexibility index (Phi) is 7.29. The van der Waals surface area contributed by atoms with Gasteiger partial charge in [0.15, 0.2) is 0 Å². The summed E-state index contributed by atoms with van der Waals surface area (Å²) in [7, 11) is 0. The Balaban J connectivity index is 1.44. The molecule has 1 amide bonds. The molecule has 144 valence electrons. The first-order chi connectivity index (χ1) is 12.7. The molecule has 1 N–H and O–H groups in total. The highest BCUT2D eigenvalue weighted by molar-refractivity contribution is 5.82. The molecule has 6 heteroatoms. The molecule has 6 nitrogen and oxygen atoms in total. The summed E-state index contributed by atoms with van der Waals surface area (Å²) in [4.78, 5) is 16.5. The molecule has 2 aliphatic rings. The molecule has 0 aliphatic carbocycles. The van der Waals surface area contributed by atoms with Gasteiger partial charge in [0.1, 0.15) is 5.75 Å². The van der Waals surface area contributed by atoms with Crippen LogP contribution in [-0.2, 0) is 16.1 Å². The van der Waals surface area contributed by atoms with Crippen LogP contribution in [0.25, 0.3) is 0 Å². The normalized spacial score (nSPS) is 22.2. The molecule has 2 heterocycles. The molecular formula is C20H31N3O3. The van der Waals surface area contributed by atoms with Gasteiger partial charge in [0.05, 0.1) is 25.9 Å². The number of nitrogens with zero attached hydrogens (tertiary/aromatic N) is 2. The maximum absolute atomic E-state index is 11.9. The van der Waals surface area contributed by atoms with Crippen molar-refractivity contribution in [3.05, 3.63) is 29.8 Å². The largest absolute Gasteiger partial charge is 0.493 e. The van der Waals surface area contributed by atoms with Gasteiger partial charge in [-0.05, 0) is 32.4 Å². The van der Waals surface area contributed by atoms with Crippen LogP contribution in [0.4, 0.5) is 0 Å². The number of hydrogen-bond donors (Lipinski definition) is 1. The van der Waals surface area contributed by atoms with Gasteiger partial charge in [-0.15, -0.1) is 0 Å². The summed E-state index contributed by atoms with van der Waals surface area (Å²) in [5.41, 5.74) is 1.15. The molecule has 1 aromatic rings. The Morgan fingerprint density at radius 1 is 1.19 bits per heavy atom. The van der Waals surface area contributed by atoms with Crippen molar-refractivity contribution in [3.8, 4) is 5.75 Å². The van der Waals surface area contributed by atoms with Crippen molar-refractivity contribution in [2.45, 2.75) is 32.4 Å². The first kappa shape index (κ1) is 19.1. The third-order valence-electron chi connectivity index (χ3n) is 5.20. The quantitative estimate of drug-likeness (QED) is 0.711. The lowest BCUT2D eigenvalue weighted by Crippen LogP contribution is -2.53. The lowest BCUT2D eigenvalue weighted by molar-refractivity contribution is -0.128. The minimum Gasteiger partial charge on any atom is -0.493 e. The second-order valence-corrected chi connectivity index (χ2v) is 7.05. The van der Waals surface area contributed by atoms with Crippen molar-refractivity contribution in [2.24, 2.45) is 0 Å². The van der Waals surface area contributed by atoms with E-state index < -0.39 is 0 Å². The lowest BCUT2D eigenvalue weighted by Gasteiger charge is -2.33. The average Bonchev–Trinajstić information content (AvgIpc) is 2.67. The van der Waals surface area contributed by atoms with Crippen LogP contribution in [0, 0.1) is 0 Å². The number of morpholine rings is 1. The number of carbonyl (C=O) groups is 1. The van der Waals surface area contributed by atoms with Gasteiger partial charge in [-0.2, -0.15) is 0 Å². The minimum absolute atomic E-state index is 0.0923. The van der Waals surface area contributed by atoms with Gasteiger partial charge in [-0.1, -0.05) is 18.2 Å². The van der Waals surface area contributed by atoms with Crippen LogP contribution in [0.2, 0.25) is 0 Å². The van der Waals surface area contributed by atoms with E-state index in [0.717, 1.165) is 76.7 Å². The second kappa shape index (κ2) is 9.90. The number of rotatable bonds is 8. The molecule has 2 saturated heterocycles. The zero-order valence-electron chi connectivity index (χ0n) is 15.8. The van der Waals surface area contributed by atoms with Crippen molar-refractivity contribution >= 4 is 5.91 Å². The van der Waals surface area contributed by atoms with Crippen LogP contribution in [-0.4, -0.2) is 74.3 Å². The maximum atomic E-state index is 11.9. The third kappa shape index (κ3) is 5.43. The number of hydrogen-bond acceptors (Lipinski definition) is 5. The van der Waals surface area contributed by atoms with Crippen molar-refractivity contribution < 1.29 is 14.3 Å². The standard InChI is InChI=1S/C20H31N3O3/c1-17-20(24)21-8-10-23(17)16-18-6-2-3-7-19(18)26-13-5-4-9-22-11-14-25-15-12-22/h2-3,6-7,17H,4-5,8-16H2,1H3,(H,21,24)/t17-/m1/s1. The Hall–Kier alpha value is -1.63. The molecule has 0 spiro atoms. The molecule has 0 aromatic heterocycles. The van der Waals surface area contributed by atoms with Gasteiger partial charge in [-0.3, -0.25) is 14.6 Å². The molecule has 0 saturated carbocycles. The number of carbonyl (C=O) groups excluding carboxylic acids is 1. The molecule has 3 rings (SSSR count). The van der Waals surface area contributed by atoms with Gasteiger partial charge in [0.2, 0.25) is 5.91 Å². The highest BCUT2D eigenvalue weighted by Gasteiger charge is 2.25. The molecule has 0 unspecified atom stereocenters. The number of ether oxygens (including phenoxy) is 2. The summed E-state index contributed by atoms with van der Waals surface area (Å²) in [5, 5.41) is 2.91. The number of benzene rings is 1. The van der Waals surface area contributed by atoms with E-state index in [1.54, 1.807) is 0 Å². The molecule has 2 fully saturated rings. The lowest BCUT2D eigenvalue weighted by atomic mass is 10.1. The predicted octanol–water partition coefficient (Wildman–Crippen LogP) is 1.50. The van der Waals surface area contributed by atoms with Crippen molar-refractivity contribution in [1.29, 1.82) is 0 Å². The Morgan fingerprint density at radius 2 is 2.00 bits per heavy atom. The van der Waals surface area contributed by atoms with E-state index in [9.17, 15) is 4.79 Å². The molecular weight excluding hydrogens is 330 g/mol. The van der Waals surface area contributed by atoms with E-state index in [1.807, 2.05) is 25.1 Å². The highest BCUT2D eigenvalue weighted by Crippen LogP contribution is 2.22. The fraction of sp³-hybridized carbons (Fsp3) is 0.650. The van der Waals surface area contributed by atoms with Gasteiger partial charge in [-0.25, -0.2) is 0 Å². The molecule has 2 aliphatic heterocycles. The van der Waals surface area contributed by atoms with Gasteiger partial charge in [0, 0.05) is 38.3 Å². The van der Waals surface area contributed by atoms with Crippen molar-refractivity contribution in [1.82, 2.24) is 15.1 Å². The summed E-state index contributed by atoms with van der Waals surface area (Å²) in [6.07, 6.45) is 2.19. The second-order valence-electron chi connectivity index (χ2n) is 7.05. The van der Waals surface area contributed by atoms with Crippen LogP contribution >= 0.6 is 0 Å². The summed E-state index contributed by atoms with van der Waals surface area (Å²) in [6.45, 7) is 9.97. The van der Waals surface area contributed by atoms with Crippen LogP contribution in [0.3, 0.4) is 0 Å². The molecule has 1 aromatic carbocycles. The monoisotopic (exact) mass is 361 g/mol. The van der Waals surface area contributed by atoms with E-state index in [1.165, 1.54) is 0 Å². The number of nitrogens with one attached hydrogen (secondary N) is 1. The van der Waals surface area contributed by atoms with Crippen molar-refractivity contribution in [2.75, 3.05) is 52.5 Å². The summed E-state index contributed by atoms with van der Waals surface area (Å²) in [5.74, 6) is 1.05. The third-order valence-corrected chi connectivity index (χ3v) is 5.20. The van der Waals surface area contributed by atoms with E-state index in [-0.39, 0.29) is 11.9 Å². The van der Waals surface area contributed by atoms with E-state index in [0.29, 0.717) is 6.54 Å². The van der Waals surface area contributed by atoms with E-state index in [2.05, 4.69) is 21.2 Å². The number of amides is 1. The Labute approximate surface area is 156 Å². The minimum atomic E-state index is -0.0923. The summed E-state index contributed by atoms with van der Waals surface area (Å²) >= 11 is 0. The topological polar surface area (TPSA) is 54.0 Å². The first-order valence-electron chi connectivity index (χ1n) is 9.76. The van der Waals surface area contributed by atoms with Gasteiger partial charge in [0.25, 0.3) is 0 Å². The van der Waals surface area contributed by atoms with E-state index in [4.69, 9.17) is 9.47 Å². The van der Waals surface area contributed by atoms with Crippen LogP contribution in [0.15, 0.2) is 24.3 Å². The molecule has 0 bridgehead atoms. The fourth-order valence-electron chi connectivity index (χ4n) is 3.48. The van der Waals surface area contributed by atoms with E-state index >= 15 is 0 Å². The summed E-state index contributed by atoms with van der Waals surface area (Å²) in [6, 6.07) is 8.09. The number of para-hydroxylation sites is 1. The van der Waals surface area contributed by atoms with Crippen molar-refractivity contribution in [3.63, 3.8) is 0 Å². The summed E-state index contributed by atoms with van der Waals surface area (Å²) < 4.78 is 11.4. The molecule has 0 radical (unpaired) electrons. The Morgan fingerprint density at radius 3 is 2.85 bits per heavy atom. The first-order valence-corrected chi connectivity index (χ1v) is 9.76. The average molecular weight is 361 g/mol.